The topological polar surface area (TPSA) is 22.0 Å². The highest BCUT2D eigenvalue weighted by atomic mass is 16.1. The Morgan fingerprint density at radius 1 is 1.20 bits per heavy atom. The number of aromatic nitrogens is 1. The average Bonchev–Trinajstić information content (AvgIpc) is 3.09. The van der Waals surface area contributed by atoms with Gasteiger partial charge in [-0.3, -0.25) is 4.79 Å². The summed E-state index contributed by atoms with van der Waals surface area (Å²) in [5.74, 6) is 0. The fourth-order valence-corrected chi connectivity index (χ4v) is 3.25. The van der Waals surface area contributed by atoms with Crippen LogP contribution < -0.4 is 0 Å². The standard InChI is InChI=1S/C18H21NO/c1-3-13-5-6-15-7-8-18(17(15)10-13)19-11-14(4-2)9-16(19)12-20/h5-6,9-12,18H,3-4,7-8H2,1-2H3. The Labute approximate surface area is 120 Å². The third-order valence-electron chi connectivity index (χ3n) is 4.47. The van der Waals surface area contributed by atoms with Crippen LogP contribution in [0.25, 0.3) is 0 Å². The molecule has 0 radical (unpaired) electrons. The van der Waals surface area contributed by atoms with Gasteiger partial charge in [0.15, 0.2) is 6.29 Å². The van der Waals surface area contributed by atoms with Gasteiger partial charge in [0, 0.05) is 6.20 Å². The molecule has 0 saturated carbocycles. The highest BCUT2D eigenvalue weighted by Gasteiger charge is 2.25. The molecule has 3 rings (SSSR count). The predicted octanol–water partition coefficient (Wildman–Crippen LogP) is 3.96. The molecule has 2 heteroatoms. The van der Waals surface area contributed by atoms with Crippen LogP contribution >= 0.6 is 0 Å². The van der Waals surface area contributed by atoms with E-state index in [-0.39, 0.29) is 0 Å². The summed E-state index contributed by atoms with van der Waals surface area (Å²) >= 11 is 0. The second kappa shape index (κ2) is 5.28. The van der Waals surface area contributed by atoms with Crippen molar-refractivity contribution in [2.75, 3.05) is 0 Å². The molecular formula is C18H21NO. The van der Waals surface area contributed by atoms with Crippen LogP contribution in [0.5, 0.6) is 0 Å². The second-order valence-corrected chi connectivity index (χ2v) is 5.59. The van der Waals surface area contributed by atoms with Crippen molar-refractivity contribution >= 4 is 6.29 Å². The van der Waals surface area contributed by atoms with Crippen molar-refractivity contribution in [2.45, 2.75) is 45.6 Å². The summed E-state index contributed by atoms with van der Waals surface area (Å²) in [5.41, 5.74) is 6.28. The minimum absolute atomic E-state index is 0.331. The van der Waals surface area contributed by atoms with Crippen molar-refractivity contribution < 1.29 is 4.79 Å². The first kappa shape index (κ1) is 13.2. The molecule has 0 aliphatic heterocycles. The lowest BCUT2D eigenvalue weighted by Crippen LogP contribution is -2.09. The van der Waals surface area contributed by atoms with E-state index in [9.17, 15) is 4.79 Å². The van der Waals surface area contributed by atoms with Crippen LogP contribution in [-0.4, -0.2) is 10.9 Å². The summed E-state index contributed by atoms with van der Waals surface area (Å²) in [7, 11) is 0. The van der Waals surface area contributed by atoms with Gasteiger partial charge >= 0.3 is 0 Å². The number of fused-ring (bicyclic) bond motifs is 1. The van der Waals surface area contributed by atoms with Gasteiger partial charge in [0.2, 0.25) is 0 Å². The third-order valence-corrected chi connectivity index (χ3v) is 4.47. The number of hydrogen-bond acceptors (Lipinski definition) is 1. The molecular weight excluding hydrogens is 246 g/mol. The molecule has 1 aromatic carbocycles. The van der Waals surface area contributed by atoms with Gasteiger partial charge in [0.25, 0.3) is 0 Å². The van der Waals surface area contributed by atoms with Crippen LogP contribution in [0.2, 0.25) is 0 Å². The van der Waals surface area contributed by atoms with Crippen LogP contribution in [0, 0.1) is 0 Å². The quantitative estimate of drug-likeness (QED) is 0.768. The third kappa shape index (κ3) is 2.09. The first-order valence-corrected chi connectivity index (χ1v) is 7.54. The first-order valence-electron chi connectivity index (χ1n) is 7.54. The zero-order valence-electron chi connectivity index (χ0n) is 12.2. The highest BCUT2D eigenvalue weighted by molar-refractivity contribution is 5.73. The van der Waals surface area contributed by atoms with E-state index in [0.29, 0.717) is 6.04 Å². The molecule has 1 aliphatic rings. The van der Waals surface area contributed by atoms with Crippen molar-refractivity contribution in [3.63, 3.8) is 0 Å². The van der Waals surface area contributed by atoms with Crippen molar-refractivity contribution in [3.05, 3.63) is 58.4 Å². The SMILES string of the molecule is CCc1ccc2c(c1)C(n1cc(CC)cc1C=O)CC2. The smallest absolute Gasteiger partial charge is 0.166 e. The molecule has 20 heavy (non-hydrogen) atoms. The van der Waals surface area contributed by atoms with Gasteiger partial charge in [-0.1, -0.05) is 32.0 Å². The van der Waals surface area contributed by atoms with E-state index >= 15 is 0 Å². The van der Waals surface area contributed by atoms with Gasteiger partial charge in [-0.15, -0.1) is 0 Å². The van der Waals surface area contributed by atoms with Crippen molar-refractivity contribution in [1.82, 2.24) is 4.57 Å². The zero-order valence-corrected chi connectivity index (χ0v) is 12.2. The number of hydrogen-bond donors (Lipinski definition) is 0. The van der Waals surface area contributed by atoms with Crippen LogP contribution in [0.3, 0.4) is 0 Å². The molecule has 1 aliphatic carbocycles. The molecule has 0 spiro atoms. The number of aldehydes is 1. The largest absolute Gasteiger partial charge is 0.338 e. The molecule has 2 aromatic rings. The monoisotopic (exact) mass is 267 g/mol. The lowest BCUT2D eigenvalue weighted by Gasteiger charge is -2.16. The van der Waals surface area contributed by atoms with Crippen molar-refractivity contribution in [2.24, 2.45) is 0 Å². The van der Waals surface area contributed by atoms with Gasteiger partial charge in [0.1, 0.15) is 0 Å². The summed E-state index contributed by atoms with van der Waals surface area (Å²) in [5, 5.41) is 0. The van der Waals surface area contributed by atoms with Gasteiger partial charge in [-0.05, 0) is 54.0 Å². The molecule has 104 valence electrons. The predicted molar refractivity (Wildman–Crippen MR) is 81.5 cm³/mol. The summed E-state index contributed by atoms with van der Waals surface area (Å²) < 4.78 is 2.18. The zero-order chi connectivity index (χ0) is 14.1. The Morgan fingerprint density at radius 2 is 2.00 bits per heavy atom. The molecule has 1 heterocycles. The Balaban J connectivity index is 2.06. The average molecular weight is 267 g/mol. The van der Waals surface area contributed by atoms with Gasteiger partial charge in [-0.2, -0.15) is 0 Å². The Kier molecular flexibility index (Phi) is 3.47. The minimum Gasteiger partial charge on any atom is -0.338 e. The number of rotatable bonds is 4. The van der Waals surface area contributed by atoms with Gasteiger partial charge in [-0.25, -0.2) is 0 Å². The van der Waals surface area contributed by atoms with Crippen LogP contribution in [-0.2, 0) is 19.3 Å². The summed E-state index contributed by atoms with van der Waals surface area (Å²) in [4.78, 5) is 11.3. The van der Waals surface area contributed by atoms with Crippen LogP contribution in [0.4, 0.5) is 0 Å². The number of carbonyl (C=O) groups excluding carboxylic acids is 1. The maximum Gasteiger partial charge on any atom is 0.166 e. The van der Waals surface area contributed by atoms with Gasteiger partial charge < -0.3 is 4.57 Å². The number of aryl methyl sites for hydroxylation is 3. The Bertz CT molecular complexity index is 639. The van der Waals surface area contributed by atoms with Crippen molar-refractivity contribution in [3.8, 4) is 0 Å². The van der Waals surface area contributed by atoms with E-state index in [1.807, 2.05) is 6.07 Å². The maximum absolute atomic E-state index is 11.3. The van der Waals surface area contributed by atoms with Gasteiger partial charge in [0.05, 0.1) is 11.7 Å². The van der Waals surface area contributed by atoms with E-state index in [0.717, 1.165) is 37.7 Å². The van der Waals surface area contributed by atoms with E-state index in [2.05, 4.69) is 42.8 Å². The summed E-state index contributed by atoms with van der Waals surface area (Å²) in [6.07, 6.45) is 7.39. The molecule has 2 nitrogen and oxygen atoms in total. The molecule has 0 fully saturated rings. The lowest BCUT2D eigenvalue weighted by molar-refractivity contribution is 0.111. The maximum atomic E-state index is 11.3. The molecule has 0 amide bonds. The van der Waals surface area contributed by atoms with E-state index in [4.69, 9.17) is 0 Å². The fourth-order valence-electron chi connectivity index (χ4n) is 3.25. The molecule has 0 bridgehead atoms. The normalized spacial score (nSPS) is 17.2. The lowest BCUT2D eigenvalue weighted by atomic mass is 10.0. The molecule has 1 atom stereocenters. The fraction of sp³-hybridized carbons (Fsp3) is 0.389. The molecule has 0 N–H and O–H groups in total. The number of nitrogens with zero attached hydrogens (tertiary/aromatic N) is 1. The van der Waals surface area contributed by atoms with Crippen LogP contribution in [0.15, 0.2) is 30.5 Å². The Hall–Kier alpha value is -1.83. The first-order chi connectivity index (χ1) is 9.76. The van der Waals surface area contributed by atoms with E-state index in [1.54, 1.807) is 0 Å². The Morgan fingerprint density at radius 3 is 2.70 bits per heavy atom. The van der Waals surface area contributed by atoms with E-state index in [1.165, 1.54) is 22.3 Å². The minimum atomic E-state index is 0.331. The van der Waals surface area contributed by atoms with Crippen LogP contribution in [0.1, 0.15) is 59.1 Å². The number of benzene rings is 1. The van der Waals surface area contributed by atoms with Crippen molar-refractivity contribution in [1.29, 1.82) is 0 Å². The second-order valence-electron chi connectivity index (χ2n) is 5.59. The van der Waals surface area contributed by atoms with E-state index < -0.39 is 0 Å². The number of carbonyl (C=O) groups is 1. The highest BCUT2D eigenvalue weighted by Crippen LogP contribution is 2.36. The molecule has 1 aromatic heterocycles. The summed E-state index contributed by atoms with van der Waals surface area (Å²) in [6.45, 7) is 4.32. The molecule has 0 saturated heterocycles. The summed E-state index contributed by atoms with van der Waals surface area (Å²) in [6, 6.07) is 9.17. The molecule has 1 unspecified atom stereocenters.